The molecular weight excluding hydrogens is 218 g/mol. The van der Waals surface area contributed by atoms with E-state index in [0.29, 0.717) is 0 Å². The van der Waals surface area contributed by atoms with E-state index in [0.717, 1.165) is 11.1 Å². The van der Waals surface area contributed by atoms with Gasteiger partial charge in [0.25, 0.3) is 0 Å². The predicted octanol–water partition coefficient (Wildman–Crippen LogP) is 1.40. The summed E-state index contributed by atoms with van der Waals surface area (Å²) in [5.41, 5.74) is 3.10. The number of hydrogen-bond donors (Lipinski definition) is 3. The molecule has 0 saturated heterocycles. The number of aryl methyl sites for hydroxylation is 2. The number of benzene rings is 1. The lowest BCUT2D eigenvalue weighted by Gasteiger charge is -2.15. The SMILES string of the molecule is Cc1ccc(C(O)CNC(C)C(=O)O)cc1C. The van der Waals surface area contributed by atoms with Gasteiger partial charge in [-0.2, -0.15) is 0 Å². The summed E-state index contributed by atoms with van der Waals surface area (Å²) in [6.45, 7) is 5.78. The molecule has 0 heterocycles. The Kier molecular flexibility index (Phi) is 4.66. The maximum absolute atomic E-state index is 10.6. The summed E-state index contributed by atoms with van der Waals surface area (Å²) >= 11 is 0. The van der Waals surface area contributed by atoms with Crippen LogP contribution in [0, 0.1) is 13.8 Å². The van der Waals surface area contributed by atoms with E-state index in [-0.39, 0.29) is 6.54 Å². The summed E-state index contributed by atoms with van der Waals surface area (Å²) in [5.74, 6) is -0.919. The van der Waals surface area contributed by atoms with Crippen LogP contribution in [0.4, 0.5) is 0 Å². The molecule has 4 heteroatoms. The van der Waals surface area contributed by atoms with Crippen molar-refractivity contribution in [2.45, 2.75) is 32.9 Å². The highest BCUT2D eigenvalue weighted by Gasteiger charge is 2.13. The summed E-state index contributed by atoms with van der Waals surface area (Å²) in [6, 6.07) is 5.08. The minimum Gasteiger partial charge on any atom is -0.480 e. The summed E-state index contributed by atoms with van der Waals surface area (Å²) < 4.78 is 0. The number of nitrogens with one attached hydrogen (secondary N) is 1. The lowest BCUT2D eigenvalue weighted by molar-refractivity contribution is -0.139. The van der Waals surface area contributed by atoms with Gasteiger partial charge in [-0.1, -0.05) is 18.2 Å². The highest BCUT2D eigenvalue weighted by atomic mass is 16.4. The van der Waals surface area contributed by atoms with Crippen molar-refractivity contribution in [3.63, 3.8) is 0 Å². The van der Waals surface area contributed by atoms with Gasteiger partial charge in [-0.05, 0) is 37.5 Å². The van der Waals surface area contributed by atoms with Crippen LogP contribution in [0.15, 0.2) is 18.2 Å². The predicted molar refractivity (Wildman–Crippen MR) is 66.0 cm³/mol. The Balaban J connectivity index is 2.60. The van der Waals surface area contributed by atoms with Gasteiger partial charge in [0.05, 0.1) is 6.10 Å². The van der Waals surface area contributed by atoms with Gasteiger partial charge < -0.3 is 15.5 Å². The molecule has 4 nitrogen and oxygen atoms in total. The fourth-order valence-electron chi connectivity index (χ4n) is 1.47. The van der Waals surface area contributed by atoms with Gasteiger partial charge in [0, 0.05) is 6.54 Å². The smallest absolute Gasteiger partial charge is 0.320 e. The van der Waals surface area contributed by atoms with Crippen LogP contribution in [0.2, 0.25) is 0 Å². The highest BCUT2D eigenvalue weighted by molar-refractivity contribution is 5.72. The second-order valence-electron chi connectivity index (χ2n) is 4.33. The number of aliphatic hydroxyl groups excluding tert-OH is 1. The van der Waals surface area contributed by atoms with Crippen molar-refractivity contribution in [2.75, 3.05) is 6.54 Å². The third-order valence-corrected chi connectivity index (χ3v) is 2.90. The lowest BCUT2D eigenvalue weighted by Crippen LogP contribution is -2.36. The van der Waals surface area contributed by atoms with Gasteiger partial charge in [0.15, 0.2) is 0 Å². The monoisotopic (exact) mass is 237 g/mol. The zero-order valence-corrected chi connectivity index (χ0v) is 10.4. The molecule has 94 valence electrons. The number of aliphatic hydroxyl groups is 1. The third-order valence-electron chi connectivity index (χ3n) is 2.90. The molecule has 1 aromatic rings. The fraction of sp³-hybridized carbons (Fsp3) is 0.462. The number of hydrogen-bond acceptors (Lipinski definition) is 3. The summed E-state index contributed by atoms with van der Waals surface area (Å²) in [7, 11) is 0. The van der Waals surface area contributed by atoms with E-state index in [1.165, 1.54) is 5.56 Å². The Hall–Kier alpha value is -1.39. The molecule has 0 aliphatic heterocycles. The molecule has 2 unspecified atom stereocenters. The van der Waals surface area contributed by atoms with Crippen molar-refractivity contribution in [1.82, 2.24) is 5.32 Å². The maximum Gasteiger partial charge on any atom is 0.320 e. The molecule has 0 saturated carbocycles. The minimum absolute atomic E-state index is 0.232. The maximum atomic E-state index is 10.6. The second kappa shape index (κ2) is 5.80. The first-order valence-corrected chi connectivity index (χ1v) is 5.63. The molecule has 0 aliphatic rings. The molecule has 1 aromatic carbocycles. The van der Waals surface area contributed by atoms with Crippen LogP contribution in [-0.2, 0) is 4.79 Å². The Morgan fingerprint density at radius 2 is 2.00 bits per heavy atom. The molecule has 0 amide bonds. The Labute approximate surface area is 101 Å². The number of aliphatic carboxylic acids is 1. The number of rotatable bonds is 5. The van der Waals surface area contributed by atoms with Crippen molar-refractivity contribution in [1.29, 1.82) is 0 Å². The first-order chi connectivity index (χ1) is 7.91. The van der Waals surface area contributed by atoms with Crippen molar-refractivity contribution in [2.24, 2.45) is 0 Å². The second-order valence-corrected chi connectivity index (χ2v) is 4.33. The van der Waals surface area contributed by atoms with Crippen molar-refractivity contribution in [3.8, 4) is 0 Å². The highest BCUT2D eigenvalue weighted by Crippen LogP contribution is 2.16. The number of carbonyl (C=O) groups is 1. The zero-order chi connectivity index (χ0) is 13.0. The Bertz CT molecular complexity index is 404. The lowest BCUT2D eigenvalue weighted by atomic mass is 10.0. The van der Waals surface area contributed by atoms with E-state index in [9.17, 15) is 9.90 Å². The molecule has 2 atom stereocenters. The van der Waals surface area contributed by atoms with Crippen molar-refractivity contribution in [3.05, 3.63) is 34.9 Å². The fourth-order valence-corrected chi connectivity index (χ4v) is 1.47. The quantitative estimate of drug-likeness (QED) is 0.724. The summed E-state index contributed by atoms with van der Waals surface area (Å²) in [6.07, 6.45) is -0.684. The van der Waals surface area contributed by atoms with Crippen LogP contribution in [0.25, 0.3) is 0 Å². The van der Waals surface area contributed by atoms with Crippen LogP contribution >= 0.6 is 0 Å². The van der Waals surface area contributed by atoms with Crippen LogP contribution < -0.4 is 5.32 Å². The summed E-state index contributed by atoms with van der Waals surface area (Å²) in [4.78, 5) is 10.6. The molecule has 0 spiro atoms. The Morgan fingerprint density at radius 1 is 1.35 bits per heavy atom. The van der Waals surface area contributed by atoms with Gasteiger partial charge in [-0.3, -0.25) is 4.79 Å². The van der Waals surface area contributed by atoms with E-state index in [1.54, 1.807) is 6.92 Å². The van der Waals surface area contributed by atoms with E-state index in [1.807, 2.05) is 32.0 Å². The van der Waals surface area contributed by atoms with E-state index < -0.39 is 18.1 Å². The van der Waals surface area contributed by atoms with Crippen LogP contribution in [0.3, 0.4) is 0 Å². The molecule has 3 N–H and O–H groups in total. The molecule has 0 bridgehead atoms. The normalized spacial score (nSPS) is 14.4. The van der Waals surface area contributed by atoms with E-state index in [4.69, 9.17) is 5.11 Å². The zero-order valence-electron chi connectivity index (χ0n) is 10.4. The standard InChI is InChI=1S/C13H19NO3/c1-8-4-5-11(6-9(8)2)12(15)7-14-10(3)13(16)17/h4-6,10,12,14-15H,7H2,1-3H3,(H,16,17). The average molecular weight is 237 g/mol. The van der Waals surface area contributed by atoms with Crippen LogP contribution in [0.5, 0.6) is 0 Å². The molecule has 0 radical (unpaired) electrons. The van der Waals surface area contributed by atoms with Crippen molar-refractivity contribution < 1.29 is 15.0 Å². The van der Waals surface area contributed by atoms with Gasteiger partial charge in [0.1, 0.15) is 6.04 Å². The molecule has 0 fully saturated rings. The molecule has 17 heavy (non-hydrogen) atoms. The van der Waals surface area contributed by atoms with Gasteiger partial charge in [0.2, 0.25) is 0 Å². The van der Waals surface area contributed by atoms with Crippen LogP contribution in [0.1, 0.15) is 29.7 Å². The molecular formula is C13H19NO3. The van der Waals surface area contributed by atoms with Crippen molar-refractivity contribution >= 4 is 5.97 Å². The first-order valence-electron chi connectivity index (χ1n) is 5.63. The van der Waals surface area contributed by atoms with E-state index >= 15 is 0 Å². The van der Waals surface area contributed by atoms with Gasteiger partial charge in [-0.15, -0.1) is 0 Å². The first kappa shape index (κ1) is 13.7. The van der Waals surface area contributed by atoms with E-state index in [2.05, 4.69) is 5.32 Å². The molecule has 0 aliphatic carbocycles. The largest absolute Gasteiger partial charge is 0.480 e. The summed E-state index contributed by atoms with van der Waals surface area (Å²) in [5, 5.41) is 21.4. The van der Waals surface area contributed by atoms with Gasteiger partial charge >= 0.3 is 5.97 Å². The topological polar surface area (TPSA) is 69.6 Å². The third kappa shape index (κ3) is 3.84. The van der Waals surface area contributed by atoms with Gasteiger partial charge in [-0.25, -0.2) is 0 Å². The number of carboxylic acid groups (broad SMARTS) is 1. The molecule has 1 rings (SSSR count). The average Bonchev–Trinajstić information content (AvgIpc) is 2.28. The Morgan fingerprint density at radius 3 is 2.53 bits per heavy atom. The molecule has 0 aromatic heterocycles. The minimum atomic E-state index is -0.919. The van der Waals surface area contributed by atoms with Crippen LogP contribution in [-0.4, -0.2) is 28.8 Å². The number of carboxylic acids is 1.